The van der Waals surface area contributed by atoms with Crippen LogP contribution in [-0.2, 0) is 6.42 Å². The van der Waals surface area contributed by atoms with Gasteiger partial charge in [-0.25, -0.2) is 0 Å². The molecule has 22 heavy (non-hydrogen) atoms. The number of benzene rings is 1. The van der Waals surface area contributed by atoms with Crippen LogP contribution in [-0.4, -0.2) is 34.7 Å². The van der Waals surface area contributed by atoms with Crippen molar-refractivity contribution in [2.75, 3.05) is 19.6 Å². The van der Waals surface area contributed by atoms with Crippen molar-refractivity contribution in [2.24, 2.45) is 0 Å². The lowest BCUT2D eigenvalue weighted by Crippen LogP contribution is -2.34. The summed E-state index contributed by atoms with van der Waals surface area (Å²) >= 11 is 0. The van der Waals surface area contributed by atoms with Gasteiger partial charge in [-0.1, -0.05) is 49.3 Å². The van der Waals surface area contributed by atoms with E-state index < -0.39 is 0 Å². The van der Waals surface area contributed by atoms with Crippen molar-refractivity contribution in [1.29, 1.82) is 0 Å². The smallest absolute Gasteiger partial charge is 0.229 e. The van der Waals surface area contributed by atoms with Gasteiger partial charge >= 0.3 is 0 Å². The summed E-state index contributed by atoms with van der Waals surface area (Å²) in [6.07, 6.45) is 3.37. The van der Waals surface area contributed by atoms with Crippen LogP contribution in [0.4, 0.5) is 0 Å². The molecule has 1 aliphatic rings. The Morgan fingerprint density at radius 1 is 1.18 bits per heavy atom. The molecule has 118 valence electrons. The molecule has 1 saturated heterocycles. The quantitative estimate of drug-likeness (QED) is 0.845. The van der Waals surface area contributed by atoms with Gasteiger partial charge in [0, 0.05) is 18.4 Å². The number of hydrogen-bond acceptors (Lipinski definition) is 4. The molecule has 0 saturated carbocycles. The minimum Gasteiger partial charge on any atom is -0.339 e. The van der Waals surface area contributed by atoms with E-state index in [1.807, 2.05) is 0 Å². The van der Waals surface area contributed by atoms with Crippen LogP contribution in [0.3, 0.4) is 0 Å². The third kappa shape index (κ3) is 3.74. The first kappa shape index (κ1) is 15.2. The average Bonchev–Trinajstić information content (AvgIpc) is 3.05. The Morgan fingerprint density at radius 3 is 2.55 bits per heavy atom. The number of hydrogen-bond donors (Lipinski definition) is 0. The van der Waals surface area contributed by atoms with Crippen LogP contribution < -0.4 is 0 Å². The van der Waals surface area contributed by atoms with Crippen molar-refractivity contribution < 1.29 is 4.52 Å². The standard InChI is InChI=1S/C18H25N3O/c1-14(2)17-19-18(22-20-17)16-9-12-21(13-10-16)11-8-15-6-4-3-5-7-15/h3-7,14,16H,8-13H2,1-2H3. The molecular formula is C18H25N3O. The molecule has 0 spiro atoms. The van der Waals surface area contributed by atoms with E-state index >= 15 is 0 Å². The maximum atomic E-state index is 5.45. The fourth-order valence-corrected chi connectivity index (χ4v) is 2.98. The number of aromatic nitrogens is 2. The maximum Gasteiger partial charge on any atom is 0.229 e. The molecule has 0 unspecified atom stereocenters. The van der Waals surface area contributed by atoms with Gasteiger partial charge in [-0.05, 0) is 37.9 Å². The van der Waals surface area contributed by atoms with Crippen molar-refractivity contribution in [3.8, 4) is 0 Å². The molecule has 0 radical (unpaired) electrons. The van der Waals surface area contributed by atoms with Gasteiger partial charge in [-0.3, -0.25) is 0 Å². The van der Waals surface area contributed by atoms with E-state index in [1.54, 1.807) is 0 Å². The summed E-state index contributed by atoms with van der Waals surface area (Å²) in [5.74, 6) is 2.45. The first-order valence-electron chi connectivity index (χ1n) is 8.32. The highest BCUT2D eigenvalue weighted by Gasteiger charge is 2.25. The molecule has 0 atom stereocenters. The zero-order valence-corrected chi connectivity index (χ0v) is 13.5. The zero-order valence-electron chi connectivity index (χ0n) is 13.5. The Morgan fingerprint density at radius 2 is 1.91 bits per heavy atom. The average molecular weight is 299 g/mol. The first-order chi connectivity index (χ1) is 10.7. The summed E-state index contributed by atoms with van der Waals surface area (Å²) < 4.78 is 5.45. The second-order valence-electron chi connectivity index (χ2n) is 6.50. The zero-order chi connectivity index (χ0) is 15.4. The highest BCUT2D eigenvalue weighted by atomic mass is 16.5. The monoisotopic (exact) mass is 299 g/mol. The number of likely N-dealkylation sites (tertiary alicyclic amines) is 1. The Balaban J connectivity index is 1.47. The van der Waals surface area contributed by atoms with Crippen LogP contribution in [0.2, 0.25) is 0 Å². The van der Waals surface area contributed by atoms with Crippen LogP contribution in [0, 0.1) is 0 Å². The lowest BCUT2D eigenvalue weighted by Gasteiger charge is -2.30. The summed E-state index contributed by atoms with van der Waals surface area (Å²) in [7, 11) is 0. The van der Waals surface area contributed by atoms with Gasteiger partial charge in [0.25, 0.3) is 0 Å². The lowest BCUT2D eigenvalue weighted by atomic mass is 9.96. The molecule has 0 N–H and O–H groups in total. The molecule has 3 rings (SSSR count). The Labute approximate surface area is 132 Å². The predicted molar refractivity (Wildman–Crippen MR) is 86.9 cm³/mol. The number of rotatable bonds is 5. The summed E-state index contributed by atoms with van der Waals surface area (Å²) in [6.45, 7) is 7.58. The molecule has 1 aromatic carbocycles. The predicted octanol–water partition coefficient (Wildman–Crippen LogP) is 3.62. The molecule has 2 heterocycles. The number of piperidine rings is 1. The van der Waals surface area contributed by atoms with Crippen molar-refractivity contribution in [1.82, 2.24) is 15.0 Å². The van der Waals surface area contributed by atoms with Gasteiger partial charge in [0.15, 0.2) is 5.82 Å². The minimum atomic E-state index is 0.337. The fourth-order valence-electron chi connectivity index (χ4n) is 2.98. The van der Waals surface area contributed by atoms with E-state index in [4.69, 9.17) is 4.52 Å². The molecule has 0 bridgehead atoms. The van der Waals surface area contributed by atoms with Gasteiger partial charge in [0.05, 0.1) is 0 Å². The van der Waals surface area contributed by atoms with Crippen LogP contribution in [0.25, 0.3) is 0 Å². The molecule has 1 aliphatic heterocycles. The Kier molecular flexibility index (Phi) is 4.88. The summed E-state index contributed by atoms with van der Waals surface area (Å²) in [4.78, 5) is 7.10. The highest BCUT2D eigenvalue weighted by molar-refractivity contribution is 5.14. The molecule has 2 aromatic rings. The van der Waals surface area contributed by atoms with Crippen LogP contribution in [0.5, 0.6) is 0 Å². The van der Waals surface area contributed by atoms with Gasteiger partial charge in [0.1, 0.15) is 0 Å². The Hall–Kier alpha value is -1.68. The van der Waals surface area contributed by atoms with Gasteiger partial charge in [-0.2, -0.15) is 4.98 Å². The van der Waals surface area contributed by atoms with E-state index in [-0.39, 0.29) is 0 Å². The summed E-state index contributed by atoms with van der Waals surface area (Å²) in [6, 6.07) is 10.7. The second-order valence-corrected chi connectivity index (χ2v) is 6.50. The normalized spacial score (nSPS) is 17.2. The van der Waals surface area contributed by atoms with Crippen molar-refractivity contribution in [2.45, 2.75) is 44.9 Å². The lowest BCUT2D eigenvalue weighted by molar-refractivity contribution is 0.196. The minimum absolute atomic E-state index is 0.337. The topological polar surface area (TPSA) is 42.2 Å². The van der Waals surface area contributed by atoms with Crippen LogP contribution in [0.15, 0.2) is 34.9 Å². The molecule has 1 fully saturated rings. The van der Waals surface area contributed by atoms with Crippen molar-refractivity contribution in [3.05, 3.63) is 47.6 Å². The molecule has 0 amide bonds. The molecular weight excluding hydrogens is 274 g/mol. The van der Waals surface area contributed by atoms with E-state index in [2.05, 4.69) is 59.2 Å². The maximum absolute atomic E-state index is 5.45. The summed E-state index contributed by atoms with van der Waals surface area (Å²) in [5, 5.41) is 4.09. The van der Waals surface area contributed by atoms with Crippen molar-refractivity contribution >= 4 is 0 Å². The first-order valence-corrected chi connectivity index (χ1v) is 8.32. The second kappa shape index (κ2) is 7.05. The van der Waals surface area contributed by atoms with Gasteiger partial charge in [-0.15, -0.1) is 0 Å². The van der Waals surface area contributed by atoms with E-state index in [0.717, 1.165) is 50.6 Å². The Bertz CT molecular complexity index is 571. The van der Waals surface area contributed by atoms with Crippen LogP contribution in [0.1, 0.15) is 55.8 Å². The number of nitrogens with zero attached hydrogens (tertiary/aromatic N) is 3. The molecule has 0 aliphatic carbocycles. The third-order valence-electron chi connectivity index (χ3n) is 4.47. The fraction of sp³-hybridized carbons (Fsp3) is 0.556. The van der Waals surface area contributed by atoms with Gasteiger partial charge < -0.3 is 9.42 Å². The van der Waals surface area contributed by atoms with Crippen molar-refractivity contribution in [3.63, 3.8) is 0 Å². The van der Waals surface area contributed by atoms with Crippen LogP contribution >= 0.6 is 0 Å². The summed E-state index contributed by atoms with van der Waals surface area (Å²) in [5.41, 5.74) is 1.42. The molecule has 4 heteroatoms. The molecule has 4 nitrogen and oxygen atoms in total. The van der Waals surface area contributed by atoms with Gasteiger partial charge in [0.2, 0.25) is 5.89 Å². The highest BCUT2D eigenvalue weighted by Crippen LogP contribution is 2.27. The SMILES string of the molecule is CC(C)c1noc(C2CCN(CCc3ccccc3)CC2)n1. The van der Waals surface area contributed by atoms with E-state index in [0.29, 0.717) is 11.8 Å². The van der Waals surface area contributed by atoms with E-state index in [1.165, 1.54) is 5.56 Å². The van der Waals surface area contributed by atoms with E-state index in [9.17, 15) is 0 Å². The molecule has 1 aromatic heterocycles. The third-order valence-corrected chi connectivity index (χ3v) is 4.47. The largest absolute Gasteiger partial charge is 0.339 e.